The van der Waals surface area contributed by atoms with Crippen molar-refractivity contribution in [2.45, 2.75) is 66.2 Å². The van der Waals surface area contributed by atoms with Gasteiger partial charge in [0.25, 0.3) is 5.91 Å². The van der Waals surface area contributed by atoms with Crippen LogP contribution in [0, 0.1) is 5.92 Å². The first-order valence-corrected chi connectivity index (χ1v) is 12.1. The average molecular weight is 474 g/mol. The Morgan fingerprint density at radius 3 is 2.47 bits per heavy atom. The standard InChI is InChI=1S/C23H31N3O5.C3H8/c1-3-5-6-9-19(14-26(30)16-27)22(28)24-15-25-23(29)21-12-11-20(31-21)18-10-7-8-17(4-2)13-18;1-3-2/h7-8,10-13,16,19,30H,3-6,9,14-15H2,1-2H3,(H,24,28)(H,25,29);3H2,1-2H3. The summed E-state index contributed by atoms with van der Waals surface area (Å²) in [7, 11) is 0. The van der Waals surface area contributed by atoms with Gasteiger partial charge >= 0.3 is 0 Å². The molecular formula is C26H39N3O5. The summed E-state index contributed by atoms with van der Waals surface area (Å²) in [5.41, 5.74) is 2.07. The van der Waals surface area contributed by atoms with Gasteiger partial charge in [0.15, 0.2) is 5.76 Å². The summed E-state index contributed by atoms with van der Waals surface area (Å²) in [5, 5.41) is 15.1. The van der Waals surface area contributed by atoms with E-state index in [2.05, 4.69) is 38.3 Å². The van der Waals surface area contributed by atoms with Gasteiger partial charge in [-0.25, -0.2) is 5.06 Å². The molecule has 34 heavy (non-hydrogen) atoms. The fourth-order valence-electron chi connectivity index (χ4n) is 3.22. The monoisotopic (exact) mass is 473 g/mol. The lowest BCUT2D eigenvalue weighted by Gasteiger charge is -2.19. The molecule has 0 fully saturated rings. The molecule has 8 nitrogen and oxygen atoms in total. The highest BCUT2D eigenvalue weighted by Gasteiger charge is 2.21. The average Bonchev–Trinajstić information content (AvgIpc) is 3.34. The molecule has 2 aromatic rings. The molecule has 3 N–H and O–H groups in total. The molecule has 0 radical (unpaired) electrons. The van der Waals surface area contributed by atoms with Gasteiger partial charge in [-0.1, -0.05) is 71.6 Å². The molecule has 0 bridgehead atoms. The van der Waals surface area contributed by atoms with E-state index in [0.29, 0.717) is 17.2 Å². The maximum atomic E-state index is 12.4. The van der Waals surface area contributed by atoms with Crippen molar-refractivity contribution in [2.75, 3.05) is 13.2 Å². The number of hydrogen-bond donors (Lipinski definition) is 3. The Morgan fingerprint density at radius 2 is 1.82 bits per heavy atom. The minimum atomic E-state index is -0.556. The summed E-state index contributed by atoms with van der Waals surface area (Å²) in [6.07, 6.45) is 5.72. The van der Waals surface area contributed by atoms with E-state index in [1.54, 1.807) is 12.1 Å². The zero-order chi connectivity index (χ0) is 25.3. The van der Waals surface area contributed by atoms with Crippen molar-refractivity contribution in [3.05, 3.63) is 47.7 Å². The first-order valence-electron chi connectivity index (χ1n) is 12.1. The topological polar surface area (TPSA) is 112 Å². The predicted octanol–water partition coefficient (Wildman–Crippen LogP) is 4.77. The number of carbonyl (C=O) groups excluding carboxylic acids is 3. The van der Waals surface area contributed by atoms with Gasteiger partial charge in [-0.05, 0) is 36.6 Å². The van der Waals surface area contributed by atoms with E-state index in [9.17, 15) is 19.6 Å². The zero-order valence-corrected chi connectivity index (χ0v) is 20.8. The number of nitrogens with zero attached hydrogens (tertiary/aromatic N) is 1. The van der Waals surface area contributed by atoms with Crippen LogP contribution >= 0.6 is 0 Å². The minimum Gasteiger partial charge on any atom is -0.451 e. The minimum absolute atomic E-state index is 0.0875. The lowest BCUT2D eigenvalue weighted by molar-refractivity contribution is -0.154. The number of nitrogens with one attached hydrogen (secondary N) is 2. The van der Waals surface area contributed by atoms with Gasteiger partial charge in [0, 0.05) is 5.56 Å². The van der Waals surface area contributed by atoms with Crippen molar-refractivity contribution in [3.63, 3.8) is 0 Å². The highest BCUT2D eigenvalue weighted by molar-refractivity contribution is 5.92. The van der Waals surface area contributed by atoms with E-state index < -0.39 is 11.8 Å². The number of rotatable bonds is 13. The van der Waals surface area contributed by atoms with E-state index in [1.807, 2.05) is 24.3 Å². The van der Waals surface area contributed by atoms with Crippen molar-refractivity contribution in [1.29, 1.82) is 0 Å². The summed E-state index contributed by atoms with van der Waals surface area (Å²) in [4.78, 5) is 35.4. The molecule has 0 saturated heterocycles. The lowest BCUT2D eigenvalue weighted by Crippen LogP contribution is -2.42. The third kappa shape index (κ3) is 10.2. The number of furan rings is 1. The van der Waals surface area contributed by atoms with Crippen LogP contribution in [0.3, 0.4) is 0 Å². The Morgan fingerprint density at radius 1 is 1.09 bits per heavy atom. The third-order valence-electron chi connectivity index (χ3n) is 5.02. The molecule has 1 unspecified atom stereocenters. The second kappa shape index (κ2) is 16.5. The van der Waals surface area contributed by atoms with Crippen molar-refractivity contribution >= 4 is 18.2 Å². The van der Waals surface area contributed by atoms with Crippen molar-refractivity contribution in [2.24, 2.45) is 5.92 Å². The van der Waals surface area contributed by atoms with Crippen LogP contribution < -0.4 is 10.6 Å². The van der Waals surface area contributed by atoms with Gasteiger partial charge in [0.1, 0.15) is 5.76 Å². The molecule has 1 heterocycles. The van der Waals surface area contributed by atoms with Gasteiger partial charge < -0.3 is 15.1 Å². The highest BCUT2D eigenvalue weighted by atomic mass is 16.5. The number of benzene rings is 1. The first kappa shape index (κ1) is 28.9. The van der Waals surface area contributed by atoms with E-state index >= 15 is 0 Å². The summed E-state index contributed by atoms with van der Waals surface area (Å²) in [5.74, 6) is -0.601. The molecule has 8 heteroatoms. The maximum Gasteiger partial charge on any atom is 0.288 e. The third-order valence-corrected chi connectivity index (χ3v) is 5.02. The number of unbranched alkanes of at least 4 members (excludes halogenated alkanes) is 2. The largest absolute Gasteiger partial charge is 0.451 e. The molecule has 1 atom stereocenters. The number of hydrogen-bond acceptors (Lipinski definition) is 5. The second-order valence-corrected chi connectivity index (χ2v) is 8.07. The van der Waals surface area contributed by atoms with Crippen LogP contribution in [0.5, 0.6) is 0 Å². The van der Waals surface area contributed by atoms with Gasteiger partial charge in [-0.3, -0.25) is 19.6 Å². The highest BCUT2D eigenvalue weighted by Crippen LogP contribution is 2.23. The quantitative estimate of drug-likeness (QED) is 0.128. The Kier molecular flexibility index (Phi) is 14.0. The van der Waals surface area contributed by atoms with E-state index in [4.69, 9.17) is 4.42 Å². The number of aryl methyl sites for hydroxylation is 1. The summed E-state index contributed by atoms with van der Waals surface area (Å²) >= 11 is 0. The fourth-order valence-corrected chi connectivity index (χ4v) is 3.22. The Hall–Kier alpha value is -3.13. The smallest absolute Gasteiger partial charge is 0.288 e. The number of hydroxylamine groups is 2. The first-order chi connectivity index (χ1) is 16.4. The lowest BCUT2D eigenvalue weighted by atomic mass is 10.0. The molecule has 1 aromatic carbocycles. The molecule has 0 spiro atoms. The number of amides is 3. The molecule has 0 aliphatic heterocycles. The van der Waals surface area contributed by atoms with Gasteiger partial charge in [-0.15, -0.1) is 0 Å². The normalized spacial score (nSPS) is 11.1. The van der Waals surface area contributed by atoms with Crippen molar-refractivity contribution in [3.8, 4) is 11.3 Å². The van der Waals surface area contributed by atoms with Crippen LogP contribution in [0.4, 0.5) is 0 Å². The summed E-state index contributed by atoms with van der Waals surface area (Å²) in [6, 6.07) is 11.2. The Bertz CT molecular complexity index is 881. The molecular weight excluding hydrogens is 434 g/mol. The van der Waals surface area contributed by atoms with Crippen LogP contribution in [0.2, 0.25) is 0 Å². The zero-order valence-electron chi connectivity index (χ0n) is 20.8. The van der Waals surface area contributed by atoms with Gasteiger partial charge in [0.2, 0.25) is 12.3 Å². The molecule has 0 aliphatic carbocycles. The Labute approximate surface area is 202 Å². The van der Waals surface area contributed by atoms with Crippen LogP contribution in [0.25, 0.3) is 11.3 Å². The van der Waals surface area contributed by atoms with Crippen LogP contribution in [0.15, 0.2) is 40.8 Å². The van der Waals surface area contributed by atoms with Crippen LogP contribution in [-0.2, 0) is 16.0 Å². The number of carbonyl (C=O) groups is 3. The maximum absolute atomic E-state index is 12.4. The molecule has 188 valence electrons. The molecule has 0 saturated carbocycles. The predicted molar refractivity (Wildman–Crippen MR) is 132 cm³/mol. The van der Waals surface area contributed by atoms with Crippen LogP contribution in [0.1, 0.15) is 75.9 Å². The van der Waals surface area contributed by atoms with Crippen molar-refractivity contribution in [1.82, 2.24) is 15.7 Å². The summed E-state index contributed by atoms with van der Waals surface area (Å²) < 4.78 is 5.67. The van der Waals surface area contributed by atoms with Gasteiger partial charge in [0.05, 0.1) is 19.1 Å². The SMILES string of the molecule is CCC.CCCCCC(CN(O)C=O)C(=O)NCNC(=O)c1ccc(-c2cccc(CC)c2)o1. The molecule has 3 amide bonds. The molecule has 1 aromatic heterocycles. The van der Waals surface area contributed by atoms with E-state index in [0.717, 1.165) is 31.2 Å². The van der Waals surface area contributed by atoms with E-state index in [1.165, 1.54) is 12.0 Å². The molecule has 0 aliphatic rings. The van der Waals surface area contributed by atoms with Crippen molar-refractivity contribution < 1.29 is 24.0 Å². The van der Waals surface area contributed by atoms with E-state index in [-0.39, 0.29) is 31.3 Å². The molecule has 2 rings (SSSR count). The fraction of sp³-hybridized carbons (Fsp3) is 0.500. The summed E-state index contributed by atoms with van der Waals surface area (Å²) in [6.45, 7) is 8.19. The van der Waals surface area contributed by atoms with Crippen LogP contribution in [-0.4, -0.2) is 41.7 Å². The Balaban J connectivity index is 0.00000182. The second-order valence-electron chi connectivity index (χ2n) is 8.07. The van der Waals surface area contributed by atoms with Gasteiger partial charge in [-0.2, -0.15) is 0 Å².